The molecule has 0 aromatic heterocycles. The third-order valence-electron chi connectivity index (χ3n) is 10.2. The molecule has 2 rings (SSSR count). The summed E-state index contributed by atoms with van der Waals surface area (Å²) in [5.74, 6) is 0.799. The van der Waals surface area contributed by atoms with E-state index in [2.05, 4.69) is 95.4 Å². The van der Waals surface area contributed by atoms with Crippen LogP contribution in [0.2, 0.25) is 36.3 Å². The number of rotatable bonds is 6. The summed E-state index contributed by atoms with van der Waals surface area (Å²) in [5, 5.41) is 0.519. The van der Waals surface area contributed by atoms with Crippen molar-refractivity contribution in [2.24, 2.45) is 11.3 Å². The molecule has 2 aliphatic rings. The smallest absolute Gasteiger partial charge is 0.411 e. The zero-order chi connectivity index (χ0) is 32.3. The maximum Gasteiger partial charge on any atom is 0.411 e. The molecule has 5 nitrogen and oxygen atoms in total. The van der Waals surface area contributed by atoms with Gasteiger partial charge in [-0.1, -0.05) is 61.8 Å². The van der Waals surface area contributed by atoms with E-state index in [1.807, 2.05) is 25.7 Å². The van der Waals surface area contributed by atoms with Crippen LogP contribution in [0, 0.1) is 11.3 Å². The van der Waals surface area contributed by atoms with Gasteiger partial charge in [-0.05, 0) is 121 Å². The lowest BCUT2D eigenvalue weighted by Gasteiger charge is -2.48. The van der Waals surface area contributed by atoms with Gasteiger partial charge in [0.05, 0.1) is 12.6 Å². The Balaban J connectivity index is 0.000000435. The zero-order valence-corrected chi connectivity index (χ0v) is 32.6. The molecule has 0 N–H and O–H groups in total. The van der Waals surface area contributed by atoms with Gasteiger partial charge in [0.15, 0.2) is 16.6 Å². The molecule has 0 aromatic carbocycles. The fraction of sp³-hybridized carbons (Fsp3) is 0.971. The number of nitrogens with zero attached hydrogens (tertiary/aromatic N) is 1. The Kier molecular flexibility index (Phi) is 12.9. The van der Waals surface area contributed by atoms with Gasteiger partial charge in [0.1, 0.15) is 5.60 Å². The molecule has 1 saturated carbocycles. The van der Waals surface area contributed by atoms with E-state index in [9.17, 15) is 4.79 Å². The average molecular weight is 614 g/mol. The first kappa shape index (κ1) is 38.6. The van der Waals surface area contributed by atoms with Crippen LogP contribution in [0.4, 0.5) is 4.79 Å². The van der Waals surface area contributed by atoms with Crippen LogP contribution in [0.25, 0.3) is 0 Å². The maximum absolute atomic E-state index is 12.8. The summed E-state index contributed by atoms with van der Waals surface area (Å²) in [4.78, 5) is 14.8. The lowest BCUT2D eigenvalue weighted by atomic mass is 9.72. The highest BCUT2D eigenvalue weighted by atomic mass is 28.4. The van der Waals surface area contributed by atoms with Crippen molar-refractivity contribution >= 4 is 22.7 Å². The highest BCUT2D eigenvalue weighted by Crippen LogP contribution is 2.42. The molecule has 1 heterocycles. The highest BCUT2D eigenvalue weighted by molar-refractivity contribution is 6.74. The summed E-state index contributed by atoms with van der Waals surface area (Å²) < 4.78 is 18.5. The van der Waals surface area contributed by atoms with Crippen molar-refractivity contribution in [1.29, 1.82) is 0 Å². The lowest BCUT2D eigenvalue weighted by molar-refractivity contribution is -0.0355. The Hall–Kier alpha value is -0.376. The van der Waals surface area contributed by atoms with Crippen LogP contribution in [0.1, 0.15) is 135 Å². The molecule has 0 aromatic rings. The van der Waals surface area contributed by atoms with Gasteiger partial charge in [-0.3, -0.25) is 4.90 Å². The number of likely N-dealkylation sites (tertiary alicyclic amines) is 1. The van der Waals surface area contributed by atoms with Gasteiger partial charge >= 0.3 is 6.09 Å². The average Bonchev–Trinajstić information content (AvgIpc) is 2.72. The van der Waals surface area contributed by atoms with E-state index in [0.717, 1.165) is 31.8 Å². The van der Waals surface area contributed by atoms with Crippen LogP contribution in [-0.2, 0) is 13.6 Å². The summed E-state index contributed by atoms with van der Waals surface area (Å²) in [6.07, 6.45) is 8.40. The fourth-order valence-electron chi connectivity index (χ4n) is 5.44. The van der Waals surface area contributed by atoms with E-state index in [4.69, 9.17) is 13.6 Å². The molecule has 0 unspecified atom stereocenters. The third-order valence-corrected chi connectivity index (χ3v) is 19.2. The molecular formula is C34H71NO4Si2. The molecule has 0 spiro atoms. The van der Waals surface area contributed by atoms with Gasteiger partial charge in [0, 0.05) is 12.1 Å². The van der Waals surface area contributed by atoms with Crippen molar-refractivity contribution in [2.45, 2.75) is 188 Å². The van der Waals surface area contributed by atoms with E-state index in [1.165, 1.54) is 25.7 Å². The Morgan fingerprint density at radius 3 is 1.66 bits per heavy atom. The molecule has 1 aliphatic carbocycles. The van der Waals surface area contributed by atoms with Crippen LogP contribution >= 0.6 is 0 Å². The van der Waals surface area contributed by atoms with Gasteiger partial charge in [-0.15, -0.1) is 0 Å². The van der Waals surface area contributed by atoms with E-state index in [0.29, 0.717) is 17.1 Å². The van der Waals surface area contributed by atoms with Crippen LogP contribution in [0.15, 0.2) is 0 Å². The van der Waals surface area contributed by atoms with Crippen LogP contribution in [-0.4, -0.2) is 58.0 Å². The molecule has 244 valence electrons. The van der Waals surface area contributed by atoms with Crippen molar-refractivity contribution in [1.82, 2.24) is 4.90 Å². The SMILES string of the molecule is CC(C)(C)OC(=O)N1[C@H](CO[Si](C)(C)C(C)(C)C)CCCC1(C)C.CC1(C)CCC[C@@H](CO[Si](C)(C)C(C)(C)C)C1. The molecular weight excluding hydrogens is 543 g/mol. The van der Waals surface area contributed by atoms with E-state index in [1.54, 1.807) is 0 Å². The van der Waals surface area contributed by atoms with E-state index in [-0.39, 0.29) is 22.7 Å². The highest BCUT2D eigenvalue weighted by Gasteiger charge is 2.44. The van der Waals surface area contributed by atoms with E-state index >= 15 is 0 Å². The van der Waals surface area contributed by atoms with Crippen molar-refractivity contribution in [2.75, 3.05) is 13.2 Å². The largest absolute Gasteiger partial charge is 0.444 e. The molecule has 0 radical (unpaired) electrons. The van der Waals surface area contributed by atoms with Crippen LogP contribution in [0.3, 0.4) is 0 Å². The van der Waals surface area contributed by atoms with Crippen LogP contribution < -0.4 is 0 Å². The fourth-order valence-corrected chi connectivity index (χ4v) is 7.57. The van der Waals surface area contributed by atoms with Gasteiger partial charge in [-0.25, -0.2) is 4.79 Å². The number of ether oxygens (including phenoxy) is 1. The molecule has 1 amide bonds. The summed E-state index contributed by atoms with van der Waals surface area (Å²) in [5.41, 5.74) is -0.128. The first-order valence-corrected chi connectivity index (χ1v) is 22.2. The zero-order valence-electron chi connectivity index (χ0n) is 30.6. The minimum Gasteiger partial charge on any atom is -0.444 e. The first-order chi connectivity index (χ1) is 18.1. The second-order valence-corrected chi connectivity index (χ2v) is 28.1. The van der Waals surface area contributed by atoms with E-state index < -0.39 is 22.2 Å². The number of piperidine rings is 1. The minimum atomic E-state index is -1.83. The standard InChI is InChI=1S/C19H39NO3Si.C15H32OSi/c1-17(2,3)23-16(21)20-15(12-11-13-19(20,7)8)14-22-24(9,10)18(4,5)6;1-14(2,3)17(6,7)16-12-13-9-8-10-15(4,5)11-13/h15H,11-14H2,1-10H3;13H,8-12H2,1-7H3/t15-;13-/m01/s1. The second-order valence-electron chi connectivity index (χ2n) is 18.5. The predicted molar refractivity (Wildman–Crippen MR) is 182 cm³/mol. The quantitative estimate of drug-likeness (QED) is 0.280. The summed E-state index contributed by atoms with van der Waals surface area (Å²) >= 11 is 0. The molecule has 1 saturated heterocycles. The Labute approximate surface area is 258 Å². The summed E-state index contributed by atoms with van der Waals surface area (Å²) in [7, 11) is -3.36. The minimum absolute atomic E-state index is 0.0951. The van der Waals surface area contributed by atoms with Crippen molar-refractivity contribution in [3.8, 4) is 0 Å². The molecule has 1 aliphatic heterocycles. The Bertz CT molecular complexity index is 831. The Morgan fingerprint density at radius 1 is 0.756 bits per heavy atom. The normalized spacial score (nSPS) is 23.9. The number of hydrogen-bond acceptors (Lipinski definition) is 4. The molecule has 2 fully saturated rings. The predicted octanol–water partition coefficient (Wildman–Crippen LogP) is 10.8. The third kappa shape index (κ3) is 12.3. The van der Waals surface area contributed by atoms with Crippen LogP contribution in [0.5, 0.6) is 0 Å². The number of carbonyl (C=O) groups is 1. The van der Waals surface area contributed by atoms with Crippen molar-refractivity contribution < 1.29 is 18.4 Å². The van der Waals surface area contributed by atoms with Gasteiger partial charge in [0.2, 0.25) is 0 Å². The Morgan fingerprint density at radius 2 is 1.22 bits per heavy atom. The topological polar surface area (TPSA) is 48.0 Å². The lowest BCUT2D eigenvalue weighted by Crippen LogP contribution is -2.59. The van der Waals surface area contributed by atoms with Crippen molar-refractivity contribution in [3.63, 3.8) is 0 Å². The monoisotopic (exact) mass is 613 g/mol. The first-order valence-electron chi connectivity index (χ1n) is 16.4. The van der Waals surface area contributed by atoms with Gasteiger partial charge < -0.3 is 13.6 Å². The molecule has 7 heteroatoms. The van der Waals surface area contributed by atoms with Gasteiger partial charge in [-0.2, -0.15) is 0 Å². The second kappa shape index (κ2) is 13.7. The maximum atomic E-state index is 12.8. The summed E-state index contributed by atoms with van der Waals surface area (Å²) in [6.45, 7) is 39.4. The summed E-state index contributed by atoms with van der Waals surface area (Å²) in [6, 6.07) is 0.0951. The molecule has 0 bridgehead atoms. The number of amides is 1. The molecule has 41 heavy (non-hydrogen) atoms. The molecule has 2 atom stereocenters. The van der Waals surface area contributed by atoms with Gasteiger partial charge in [0.25, 0.3) is 0 Å². The number of hydrogen-bond donors (Lipinski definition) is 0. The number of carbonyl (C=O) groups excluding carboxylic acids is 1. The van der Waals surface area contributed by atoms with Crippen molar-refractivity contribution in [3.05, 3.63) is 0 Å².